The summed E-state index contributed by atoms with van der Waals surface area (Å²) in [4.78, 5) is 13.1. The van der Waals surface area contributed by atoms with Gasteiger partial charge in [-0.2, -0.15) is 0 Å². The standard InChI is InChI=1S/C17H16BrNO2/c1-17(2)12-5-3-4-6-14(12)19(10-16(20)21)15-8-7-11(18)9-13(15)17/h3-9H,10H2,1-2H3,(H,20,21). The summed E-state index contributed by atoms with van der Waals surface area (Å²) in [6, 6.07) is 14.0. The minimum Gasteiger partial charge on any atom is -0.480 e. The van der Waals surface area contributed by atoms with Gasteiger partial charge in [0.15, 0.2) is 0 Å². The first kappa shape index (κ1) is 14.1. The van der Waals surface area contributed by atoms with Crippen molar-refractivity contribution in [1.82, 2.24) is 0 Å². The van der Waals surface area contributed by atoms with E-state index in [2.05, 4.69) is 41.9 Å². The molecule has 4 heteroatoms. The predicted molar refractivity (Wildman–Crippen MR) is 87.4 cm³/mol. The molecule has 0 aliphatic carbocycles. The number of nitrogens with zero attached hydrogens (tertiary/aromatic N) is 1. The Labute approximate surface area is 132 Å². The number of rotatable bonds is 2. The minimum atomic E-state index is -0.835. The second-order valence-electron chi connectivity index (χ2n) is 5.78. The van der Waals surface area contributed by atoms with Crippen molar-refractivity contribution in [3.05, 3.63) is 58.1 Å². The summed E-state index contributed by atoms with van der Waals surface area (Å²) in [5.41, 5.74) is 4.06. The third-order valence-corrected chi connectivity index (χ3v) is 4.58. The van der Waals surface area contributed by atoms with Crippen LogP contribution in [0.1, 0.15) is 25.0 Å². The molecule has 0 bridgehead atoms. The Morgan fingerprint density at radius 1 is 1.14 bits per heavy atom. The van der Waals surface area contributed by atoms with Gasteiger partial charge < -0.3 is 10.0 Å². The van der Waals surface area contributed by atoms with Crippen molar-refractivity contribution in [2.24, 2.45) is 0 Å². The number of carboxylic acid groups (broad SMARTS) is 1. The van der Waals surface area contributed by atoms with E-state index in [-0.39, 0.29) is 12.0 Å². The Kier molecular flexibility index (Phi) is 3.29. The summed E-state index contributed by atoms with van der Waals surface area (Å²) in [7, 11) is 0. The molecule has 3 nitrogen and oxygen atoms in total. The fourth-order valence-electron chi connectivity index (χ4n) is 3.06. The van der Waals surface area contributed by atoms with Crippen LogP contribution in [0.4, 0.5) is 11.4 Å². The van der Waals surface area contributed by atoms with Gasteiger partial charge in [-0.1, -0.05) is 48.0 Å². The molecule has 3 rings (SSSR count). The lowest BCUT2D eigenvalue weighted by Crippen LogP contribution is -2.35. The van der Waals surface area contributed by atoms with Gasteiger partial charge in [-0.05, 0) is 35.4 Å². The van der Waals surface area contributed by atoms with Crippen LogP contribution in [0.25, 0.3) is 0 Å². The average Bonchev–Trinajstić information content (AvgIpc) is 2.44. The first-order chi connectivity index (χ1) is 9.91. The Bertz CT molecular complexity index is 724. The van der Waals surface area contributed by atoms with Gasteiger partial charge in [-0.15, -0.1) is 0 Å². The van der Waals surface area contributed by atoms with Crippen LogP contribution < -0.4 is 4.90 Å². The number of halogens is 1. The molecule has 1 aliphatic rings. The van der Waals surface area contributed by atoms with Gasteiger partial charge in [-0.3, -0.25) is 4.79 Å². The smallest absolute Gasteiger partial charge is 0.323 e. The summed E-state index contributed by atoms with van der Waals surface area (Å²) in [5.74, 6) is -0.835. The molecule has 1 heterocycles. The van der Waals surface area contributed by atoms with Crippen LogP contribution in [0, 0.1) is 0 Å². The van der Waals surface area contributed by atoms with Crippen molar-refractivity contribution >= 4 is 33.3 Å². The maximum Gasteiger partial charge on any atom is 0.323 e. The Morgan fingerprint density at radius 2 is 1.81 bits per heavy atom. The van der Waals surface area contributed by atoms with E-state index in [0.717, 1.165) is 27.0 Å². The first-order valence-electron chi connectivity index (χ1n) is 6.80. The number of anilines is 2. The summed E-state index contributed by atoms with van der Waals surface area (Å²) in [5, 5.41) is 9.25. The summed E-state index contributed by atoms with van der Waals surface area (Å²) >= 11 is 3.52. The van der Waals surface area contributed by atoms with Gasteiger partial charge >= 0.3 is 5.97 Å². The first-order valence-corrected chi connectivity index (χ1v) is 7.59. The third kappa shape index (κ3) is 2.23. The zero-order valence-electron chi connectivity index (χ0n) is 11.9. The predicted octanol–water partition coefficient (Wildman–Crippen LogP) is 4.31. The Balaban J connectivity index is 2.28. The highest BCUT2D eigenvalue weighted by molar-refractivity contribution is 9.10. The zero-order valence-corrected chi connectivity index (χ0v) is 13.5. The Morgan fingerprint density at radius 3 is 2.52 bits per heavy atom. The maximum atomic E-state index is 11.3. The van der Waals surface area contributed by atoms with Crippen molar-refractivity contribution in [3.63, 3.8) is 0 Å². The van der Waals surface area contributed by atoms with Crippen LogP contribution in [0.5, 0.6) is 0 Å². The minimum absolute atomic E-state index is 0.0400. The molecule has 0 unspecified atom stereocenters. The van der Waals surface area contributed by atoms with Crippen molar-refractivity contribution < 1.29 is 9.90 Å². The maximum absolute atomic E-state index is 11.3. The number of carboxylic acids is 1. The van der Waals surface area contributed by atoms with E-state index in [1.54, 1.807) is 0 Å². The lowest BCUT2D eigenvalue weighted by atomic mass is 9.73. The molecule has 0 saturated carbocycles. The van der Waals surface area contributed by atoms with Gasteiger partial charge in [-0.25, -0.2) is 0 Å². The molecule has 0 radical (unpaired) electrons. The molecule has 1 aliphatic heterocycles. The quantitative estimate of drug-likeness (QED) is 0.881. The van der Waals surface area contributed by atoms with E-state index in [1.165, 1.54) is 0 Å². The average molecular weight is 346 g/mol. The number of benzene rings is 2. The molecule has 21 heavy (non-hydrogen) atoms. The van der Waals surface area contributed by atoms with Crippen LogP contribution in [0.2, 0.25) is 0 Å². The van der Waals surface area contributed by atoms with Crippen LogP contribution in [-0.4, -0.2) is 17.6 Å². The van der Waals surface area contributed by atoms with E-state index in [1.807, 2.05) is 35.2 Å². The number of para-hydroxylation sites is 1. The van der Waals surface area contributed by atoms with E-state index in [9.17, 15) is 9.90 Å². The van der Waals surface area contributed by atoms with Gasteiger partial charge in [0, 0.05) is 21.3 Å². The fourth-order valence-corrected chi connectivity index (χ4v) is 3.42. The molecule has 0 spiro atoms. The van der Waals surface area contributed by atoms with Crippen LogP contribution in [-0.2, 0) is 10.2 Å². The zero-order chi connectivity index (χ0) is 15.2. The molecule has 2 aromatic carbocycles. The number of hydrogen-bond donors (Lipinski definition) is 1. The molecular weight excluding hydrogens is 330 g/mol. The number of hydrogen-bond acceptors (Lipinski definition) is 2. The summed E-state index contributed by atoms with van der Waals surface area (Å²) < 4.78 is 1.00. The monoisotopic (exact) mass is 345 g/mol. The van der Waals surface area contributed by atoms with E-state index < -0.39 is 5.97 Å². The van der Waals surface area contributed by atoms with Gasteiger partial charge in [0.2, 0.25) is 0 Å². The molecule has 0 atom stereocenters. The lowest BCUT2D eigenvalue weighted by molar-refractivity contribution is -0.135. The lowest BCUT2D eigenvalue weighted by Gasteiger charge is -2.41. The highest BCUT2D eigenvalue weighted by Crippen LogP contribution is 2.49. The van der Waals surface area contributed by atoms with Crippen molar-refractivity contribution in [3.8, 4) is 0 Å². The second kappa shape index (κ2) is 4.88. The van der Waals surface area contributed by atoms with Crippen molar-refractivity contribution in [1.29, 1.82) is 0 Å². The molecular formula is C17H16BrNO2. The second-order valence-corrected chi connectivity index (χ2v) is 6.70. The molecule has 108 valence electrons. The molecule has 2 aromatic rings. The topological polar surface area (TPSA) is 40.5 Å². The van der Waals surface area contributed by atoms with Gasteiger partial charge in [0.1, 0.15) is 6.54 Å². The van der Waals surface area contributed by atoms with E-state index >= 15 is 0 Å². The van der Waals surface area contributed by atoms with Gasteiger partial charge in [0.05, 0.1) is 0 Å². The van der Waals surface area contributed by atoms with E-state index in [4.69, 9.17) is 0 Å². The summed E-state index contributed by atoms with van der Waals surface area (Å²) in [6.45, 7) is 4.31. The molecule has 0 aromatic heterocycles. The van der Waals surface area contributed by atoms with Crippen molar-refractivity contribution in [2.45, 2.75) is 19.3 Å². The molecule has 1 N–H and O–H groups in total. The summed E-state index contributed by atoms with van der Waals surface area (Å²) in [6.07, 6.45) is 0. The largest absolute Gasteiger partial charge is 0.480 e. The molecule has 0 fully saturated rings. The number of fused-ring (bicyclic) bond motifs is 2. The highest BCUT2D eigenvalue weighted by Gasteiger charge is 2.36. The molecule has 0 amide bonds. The van der Waals surface area contributed by atoms with Crippen LogP contribution in [0.15, 0.2) is 46.9 Å². The Hall–Kier alpha value is -1.81. The normalized spacial score (nSPS) is 15.3. The third-order valence-electron chi connectivity index (χ3n) is 4.08. The van der Waals surface area contributed by atoms with E-state index in [0.29, 0.717) is 0 Å². The highest BCUT2D eigenvalue weighted by atomic mass is 79.9. The van der Waals surface area contributed by atoms with Gasteiger partial charge in [0.25, 0.3) is 0 Å². The van der Waals surface area contributed by atoms with Crippen LogP contribution >= 0.6 is 15.9 Å². The SMILES string of the molecule is CC1(C)c2ccccc2N(CC(=O)O)c2ccc(Br)cc21. The van der Waals surface area contributed by atoms with Crippen LogP contribution in [0.3, 0.4) is 0 Å². The fraction of sp³-hybridized carbons (Fsp3) is 0.235. The van der Waals surface area contributed by atoms with Crippen molar-refractivity contribution in [2.75, 3.05) is 11.4 Å². The number of carbonyl (C=O) groups is 1. The number of aliphatic carboxylic acids is 1. The molecule has 0 saturated heterocycles.